The summed E-state index contributed by atoms with van der Waals surface area (Å²) in [6, 6.07) is 1.89. The normalized spacial score (nSPS) is 11.8. The molecule has 1 rings (SSSR count). The van der Waals surface area contributed by atoms with Gasteiger partial charge in [-0.15, -0.1) is 0 Å². The molecule has 0 aromatic heterocycles. The third-order valence-corrected chi connectivity index (χ3v) is 3.03. The van der Waals surface area contributed by atoms with E-state index in [-0.39, 0.29) is 22.9 Å². The molecule has 18 heavy (non-hydrogen) atoms. The molecule has 0 aliphatic heterocycles. The fourth-order valence-corrected chi connectivity index (χ4v) is 2.15. The lowest BCUT2D eigenvalue weighted by molar-refractivity contribution is 0.333. The predicted octanol–water partition coefficient (Wildman–Crippen LogP) is 4.26. The fourth-order valence-electron chi connectivity index (χ4n) is 2.15. The van der Waals surface area contributed by atoms with Crippen LogP contribution >= 0.6 is 0 Å². The minimum atomic E-state index is -0.309. The first kappa shape index (κ1) is 14.8. The highest BCUT2D eigenvalue weighted by Crippen LogP contribution is 2.41. The number of halogens is 1. The van der Waals surface area contributed by atoms with Crippen LogP contribution in [0.25, 0.3) is 0 Å². The topological polar surface area (TPSA) is 18.5 Å². The highest BCUT2D eigenvalue weighted by molar-refractivity contribution is 5.52. The first-order chi connectivity index (χ1) is 8.23. The monoisotopic (exact) mass is 254 g/mol. The predicted molar refractivity (Wildman–Crippen MR) is 72.3 cm³/mol. The molecule has 0 N–H and O–H groups in total. The molecule has 0 saturated heterocycles. The van der Waals surface area contributed by atoms with E-state index in [2.05, 4.69) is 20.8 Å². The van der Waals surface area contributed by atoms with Crippen LogP contribution in [0, 0.1) is 5.82 Å². The van der Waals surface area contributed by atoms with Gasteiger partial charge in [0.2, 0.25) is 0 Å². The van der Waals surface area contributed by atoms with Crippen LogP contribution in [0.15, 0.2) is 6.07 Å². The first-order valence-corrected chi connectivity index (χ1v) is 6.18. The van der Waals surface area contributed by atoms with Crippen molar-refractivity contribution in [2.45, 2.75) is 46.0 Å². The SMILES string of the molecule is COc1cc(C(C)(C)C)c(C(C)C)c(F)c1OC. The molecule has 2 nitrogen and oxygen atoms in total. The number of benzene rings is 1. The number of hydrogen-bond acceptors (Lipinski definition) is 2. The number of methoxy groups -OCH3 is 2. The molecule has 0 bridgehead atoms. The van der Waals surface area contributed by atoms with Gasteiger partial charge in [-0.3, -0.25) is 0 Å². The number of hydrogen-bond donors (Lipinski definition) is 0. The smallest absolute Gasteiger partial charge is 0.197 e. The van der Waals surface area contributed by atoms with Gasteiger partial charge in [0.15, 0.2) is 17.3 Å². The summed E-state index contributed by atoms with van der Waals surface area (Å²) in [7, 11) is 2.99. The molecule has 0 aliphatic carbocycles. The Kier molecular flexibility index (Phi) is 4.25. The Morgan fingerprint density at radius 1 is 1.11 bits per heavy atom. The van der Waals surface area contributed by atoms with E-state index in [1.807, 2.05) is 19.9 Å². The molecule has 102 valence electrons. The Hall–Kier alpha value is -1.25. The molecule has 0 amide bonds. The number of rotatable bonds is 3. The summed E-state index contributed by atoms with van der Waals surface area (Å²) in [4.78, 5) is 0. The van der Waals surface area contributed by atoms with Crippen LogP contribution in [0.5, 0.6) is 11.5 Å². The molecule has 0 radical (unpaired) electrons. The lowest BCUT2D eigenvalue weighted by Crippen LogP contribution is -2.17. The Balaban J connectivity index is 3.66. The van der Waals surface area contributed by atoms with Gasteiger partial charge < -0.3 is 9.47 Å². The number of ether oxygens (including phenoxy) is 2. The molecule has 0 heterocycles. The average molecular weight is 254 g/mol. The summed E-state index contributed by atoms with van der Waals surface area (Å²) in [5.41, 5.74) is 1.53. The molecule has 0 saturated carbocycles. The van der Waals surface area contributed by atoms with E-state index in [0.717, 1.165) is 5.56 Å². The molecule has 1 aromatic rings. The third-order valence-electron chi connectivity index (χ3n) is 3.03. The zero-order valence-electron chi connectivity index (χ0n) is 12.3. The first-order valence-electron chi connectivity index (χ1n) is 6.18. The van der Waals surface area contributed by atoms with E-state index in [9.17, 15) is 4.39 Å². The molecule has 0 unspecified atom stereocenters. The van der Waals surface area contributed by atoms with Crippen molar-refractivity contribution in [1.29, 1.82) is 0 Å². The zero-order chi connectivity index (χ0) is 14.1. The van der Waals surface area contributed by atoms with Gasteiger partial charge in [0.1, 0.15) is 0 Å². The van der Waals surface area contributed by atoms with E-state index < -0.39 is 0 Å². The second kappa shape index (κ2) is 5.17. The summed E-state index contributed by atoms with van der Waals surface area (Å²) in [5, 5.41) is 0. The maximum Gasteiger partial charge on any atom is 0.197 e. The van der Waals surface area contributed by atoms with Crippen molar-refractivity contribution in [3.05, 3.63) is 23.0 Å². The Morgan fingerprint density at radius 2 is 1.67 bits per heavy atom. The summed E-state index contributed by atoms with van der Waals surface area (Å²) < 4.78 is 24.9. The molecule has 0 atom stereocenters. The quantitative estimate of drug-likeness (QED) is 0.802. The molecular weight excluding hydrogens is 231 g/mol. The van der Waals surface area contributed by atoms with Crippen molar-refractivity contribution in [1.82, 2.24) is 0 Å². The van der Waals surface area contributed by atoms with Crippen molar-refractivity contribution in [3.8, 4) is 11.5 Å². The minimum Gasteiger partial charge on any atom is -0.493 e. The lowest BCUT2D eigenvalue weighted by atomic mass is 9.80. The molecule has 0 aliphatic rings. The van der Waals surface area contributed by atoms with E-state index in [1.54, 1.807) is 0 Å². The van der Waals surface area contributed by atoms with E-state index in [4.69, 9.17) is 9.47 Å². The summed E-state index contributed by atoms with van der Waals surface area (Å²) in [6.45, 7) is 10.2. The lowest BCUT2D eigenvalue weighted by Gasteiger charge is -2.27. The highest BCUT2D eigenvalue weighted by Gasteiger charge is 2.27. The van der Waals surface area contributed by atoms with Crippen LogP contribution in [-0.4, -0.2) is 14.2 Å². The van der Waals surface area contributed by atoms with Crippen LogP contribution < -0.4 is 9.47 Å². The Morgan fingerprint density at radius 3 is 2.00 bits per heavy atom. The van der Waals surface area contributed by atoms with Gasteiger partial charge in [-0.05, 0) is 28.5 Å². The van der Waals surface area contributed by atoms with E-state index in [1.165, 1.54) is 14.2 Å². The highest BCUT2D eigenvalue weighted by atomic mass is 19.1. The zero-order valence-corrected chi connectivity index (χ0v) is 12.3. The summed E-state index contributed by atoms with van der Waals surface area (Å²) in [5.74, 6) is 0.425. The van der Waals surface area contributed by atoms with Crippen LogP contribution in [0.2, 0.25) is 0 Å². The summed E-state index contributed by atoms with van der Waals surface area (Å²) >= 11 is 0. The van der Waals surface area contributed by atoms with Gasteiger partial charge in [-0.2, -0.15) is 0 Å². The van der Waals surface area contributed by atoms with Crippen LogP contribution in [0.1, 0.15) is 51.7 Å². The molecular formula is C15H23FO2. The molecule has 0 spiro atoms. The van der Waals surface area contributed by atoms with E-state index >= 15 is 0 Å². The van der Waals surface area contributed by atoms with Crippen LogP contribution in [-0.2, 0) is 5.41 Å². The maximum absolute atomic E-state index is 14.6. The molecule has 1 aromatic carbocycles. The largest absolute Gasteiger partial charge is 0.493 e. The van der Waals surface area contributed by atoms with Crippen molar-refractivity contribution < 1.29 is 13.9 Å². The van der Waals surface area contributed by atoms with Crippen molar-refractivity contribution in [2.24, 2.45) is 0 Å². The van der Waals surface area contributed by atoms with Crippen molar-refractivity contribution in [3.63, 3.8) is 0 Å². The van der Waals surface area contributed by atoms with Gasteiger partial charge in [0, 0.05) is 0 Å². The maximum atomic E-state index is 14.6. The van der Waals surface area contributed by atoms with Crippen LogP contribution in [0.4, 0.5) is 4.39 Å². The third kappa shape index (κ3) is 2.60. The Bertz CT molecular complexity index is 431. The van der Waals surface area contributed by atoms with Gasteiger partial charge >= 0.3 is 0 Å². The van der Waals surface area contributed by atoms with Gasteiger partial charge in [0.25, 0.3) is 0 Å². The molecule has 3 heteroatoms. The summed E-state index contributed by atoms with van der Waals surface area (Å²) in [6.07, 6.45) is 0. The average Bonchev–Trinajstić information content (AvgIpc) is 2.25. The second-order valence-electron chi connectivity index (χ2n) is 5.79. The van der Waals surface area contributed by atoms with Gasteiger partial charge in [-0.1, -0.05) is 34.6 Å². The van der Waals surface area contributed by atoms with Gasteiger partial charge in [-0.25, -0.2) is 4.39 Å². The fraction of sp³-hybridized carbons (Fsp3) is 0.600. The standard InChI is InChI=1S/C15H23FO2/c1-9(2)12-10(15(3,4)5)8-11(17-6)14(18-7)13(12)16/h8-9H,1-7H3. The second-order valence-corrected chi connectivity index (χ2v) is 5.79. The van der Waals surface area contributed by atoms with Crippen molar-refractivity contribution in [2.75, 3.05) is 14.2 Å². The van der Waals surface area contributed by atoms with Gasteiger partial charge in [0.05, 0.1) is 14.2 Å². The van der Waals surface area contributed by atoms with Crippen molar-refractivity contribution >= 4 is 0 Å². The van der Waals surface area contributed by atoms with Crippen LogP contribution in [0.3, 0.4) is 0 Å². The van der Waals surface area contributed by atoms with E-state index in [0.29, 0.717) is 11.3 Å². The minimum absolute atomic E-state index is 0.0963. The Labute approximate surface area is 109 Å². The molecule has 0 fully saturated rings.